The highest BCUT2D eigenvalue weighted by Gasteiger charge is 2.31. The Hall–Kier alpha value is -3.59. The molecule has 212 valence electrons. The Kier molecular flexibility index (Phi) is 10.8. The average Bonchev–Trinajstić information content (AvgIpc) is 2.99. The summed E-state index contributed by atoms with van der Waals surface area (Å²) >= 11 is 6.12. The van der Waals surface area contributed by atoms with Crippen molar-refractivity contribution in [1.29, 1.82) is 0 Å². The molecule has 1 atom stereocenters. The van der Waals surface area contributed by atoms with Crippen molar-refractivity contribution >= 4 is 23.4 Å². The van der Waals surface area contributed by atoms with E-state index in [0.717, 1.165) is 29.8 Å². The zero-order valence-electron chi connectivity index (χ0n) is 23.0. The number of carbonyl (C=O) groups excluding carboxylic acids is 2. The van der Waals surface area contributed by atoms with E-state index in [0.29, 0.717) is 42.8 Å². The number of hydrogen-bond acceptors (Lipinski definition) is 6. The highest BCUT2D eigenvalue weighted by molar-refractivity contribution is 6.30. The van der Waals surface area contributed by atoms with E-state index in [4.69, 9.17) is 25.8 Å². The molecular weight excluding hydrogens is 530 g/mol. The smallest absolute Gasteiger partial charge is 0.247 e. The Balaban J connectivity index is 1.61. The first-order chi connectivity index (χ1) is 19.5. The Labute approximate surface area is 240 Å². The highest BCUT2D eigenvalue weighted by Crippen LogP contribution is 2.29. The molecule has 0 radical (unpaired) electrons. The maximum atomic E-state index is 14.0. The quantitative estimate of drug-likeness (QED) is 0.356. The van der Waals surface area contributed by atoms with Gasteiger partial charge < -0.3 is 24.4 Å². The van der Waals surface area contributed by atoms with Gasteiger partial charge in [-0.15, -0.1) is 0 Å². The molecule has 3 aromatic carbocycles. The van der Waals surface area contributed by atoms with Crippen molar-refractivity contribution in [3.8, 4) is 11.5 Å². The van der Waals surface area contributed by atoms with Gasteiger partial charge >= 0.3 is 0 Å². The summed E-state index contributed by atoms with van der Waals surface area (Å²) in [6.07, 6.45) is 0.0817. The SMILES string of the molecule is COc1ccc(CC(=O)N(Cc2ccc(Cl)cc2)C(C(=O)NCCN2CCOCC2)c2ccccc2)cc1OC. The predicted molar refractivity (Wildman–Crippen MR) is 155 cm³/mol. The summed E-state index contributed by atoms with van der Waals surface area (Å²) in [7, 11) is 3.13. The largest absolute Gasteiger partial charge is 0.493 e. The third-order valence-corrected chi connectivity index (χ3v) is 7.15. The predicted octanol–water partition coefficient (Wildman–Crippen LogP) is 4.12. The molecule has 1 saturated heterocycles. The fourth-order valence-electron chi connectivity index (χ4n) is 4.74. The first-order valence-electron chi connectivity index (χ1n) is 13.4. The van der Waals surface area contributed by atoms with Gasteiger partial charge in [-0.3, -0.25) is 14.5 Å². The lowest BCUT2D eigenvalue weighted by Gasteiger charge is -2.32. The summed E-state index contributed by atoms with van der Waals surface area (Å²) < 4.78 is 16.2. The van der Waals surface area contributed by atoms with E-state index >= 15 is 0 Å². The molecule has 1 unspecified atom stereocenters. The van der Waals surface area contributed by atoms with E-state index in [9.17, 15) is 9.59 Å². The van der Waals surface area contributed by atoms with E-state index in [-0.39, 0.29) is 24.8 Å². The second-order valence-corrected chi connectivity index (χ2v) is 10.0. The van der Waals surface area contributed by atoms with E-state index in [1.165, 1.54) is 0 Å². The lowest BCUT2D eigenvalue weighted by atomic mass is 10.0. The van der Waals surface area contributed by atoms with Crippen LogP contribution in [0.4, 0.5) is 0 Å². The van der Waals surface area contributed by atoms with Crippen molar-refractivity contribution in [3.63, 3.8) is 0 Å². The second-order valence-electron chi connectivity index (χ2n) is 9.57. The van der Waals surface area contributed by atoms with Crippen LogP contribution in [0.25, 0.3) is 0 Å². The van der Waals surface area contributed by atoms with Crippen molar-refractivity contribution < 1.29 is 23.8 Å². The molecule has 4 rings (SSSR count). The minimum absolute atomic E-state index is 0.0817. The lowest BCUT2D eigenvalue weighted by molar-refractivity contribution is -0.141. The van der Waals surface area contributed by atoms with Crippen molar-refractivity contribution in [2.24, 2.45) is 0 Å². The molecule has 0 bridgehead atoms. The first kappa shape index (κ1) is 29.4. The van der Waals surface area contributed by atoms with E-state index in [1.807, 2.05) is 48.5 Å². The maximum Gasteiger partial charge on any atom is 0.247 e. The number of rotatable bonds is 12. The number of morpholine rings is 1. The molecule has 1 heterocycles. The number of halogens is 1. The van der Waals surface area contributed by atoms with Gasteiger partial charge in [-0.1, -0.05) is 60.1 Å². The van der Waals surface area contributed by atoms with Gasteiger partial charge in [-0.05, 0) is 41.0 Å². The van der Waals surface area contributed by atoms with Gasteiger partial charge in [0, 0.05) is 37.7 Å². The van der Waals surface area contributed by atoms with Crippen LogP contribution in [0.1, 0.15) is 22.7 Å². The minimum Gasteiger partial charge on any atom is -0.493 e. The van der Waals surface area contributed by atoms with Crippen LogP contribution < -0.4 is 14.8 Å². The molecule has 0 spiro atoms. The average molecular weight is 566 g/mol. The number of ether oxygens (including phenoxy) is 3. The molecule has 1 fully saturated rings. The third kappa shape index (κ3) is 7.97. The van der Waals surface area contributed by atoms with Crippen LogP contribution in [0, 0.1) is 0 Å². The summed E-state index contributed by atoms with van der Waals surface area (Å²) in [6.45, 7) is 4.49. The molecule has 0 aromatic heterocycles. The van der Waals surface area contributed by atoms with Gasteiger partial charge in [-0.2, -0.15) is 0 Å². The summed E-state index contributed by atoms with van der Waals surface area (Å²) in [5, 5.41) is 3.69. The summed E-state index contributed by atoms with van der Waals surface area (Å²) in [5.74, 6) is 0.699. The normalized spacial score (nSPS) is 14.3. The van der Waals surface area contributed by atoms with Gasteiger partial charge in [0.05, 0.1) is 33.9 Å². The summed E-state index contributed by atoms with van der Waals surface area (Å²) in [6, 6.07) is 21.3. The fourth-order valence-corrected chi connectivity index (χ4v) is 4.87. The lowest BCUT2D eigenvalue weighted by Crippen LogP contribution is -2.46. The molecule has 40 heavy (non-hydrogen) atoms. The summed E-state index contributed by atoms with van der Waals surface area (Å²) in [4.78, 5) is 31.7. The molecule has 9 heteroatoms. The van der Waals surface area contributed by atoms with Gasteiger partial charge in [0.15, 0.2) is 11.5 Å². The van der Waals surface area contributed by atoms with Crippen LogP contribution in [0.2, 0.25) is 5.02 Å². The molecule has 0 aliphatic carbocycles. The third-order valence-electron chi connectivity index (χ3n) is 6.90. The number of carbonyl (C=O) groups is 2. The molecule has 1 aliphatic heterocycles. The highest BCUT2D eigenvalue weighted by atomic mass is 35.5. The zero-order valence-corrected chi connectivity index (χ0v) is 23.7. The van der Waals surface area contributed by atoms with Gasteiger partial charge in [0.2, 0.25) is 11.8 Å². The van der Waals surface area contributed by atoms with Gasteiger partial charge in [-0.25, -0.2) is 0 Å². The van der Waals surface area contributed by atoms with Crippen LogP contribution in [0.3, 0.4) is 0 Å². The van der Waals surface area contributed by atoms with Crippen molar-refractivity contribution in [3.05, 3.63) is 94.5 Å². The molecule has 3 aromatic rings. The van der Waals surface area contributed by atoms with E-state index < -0.39 is 6.04 Å². The second kappa shape index (κ2) is 14.7. The fraction of sp³-hybridized carbons (Fsp3) is 0.355. The summed E-state index contributed by atoms with van der Waals surface area (Å²) in [5.41, 5.74) is 2.36. The number of amides is 2. The van der Waals surface area contributed by atoms with Gasteiger partial charge in [0.1, 0.15) is 6.04 Å². The Morgan fingerprint density at radius 3 is 2.30 bits per heavy atom. The first-order valence-corrected chi connectivity index (χ1v) is 13.7. The van der Waals surface area contributed by atoms with E-state index in [1.54, 1.807) is 43.4 Å². The number of nitrogens with zero attached hydrogens (tertiary/aromatic N) is 2. The minimum atomic E-state index is -0.825. The molecule has 1 aliphatic rings. The number of benzene rings is 3. The topological polar surface area (TPSA) is 80.3 Å². The van der Waals surface area contributed by atoms with Crippen molar-refractivity contribution in [2.45, 2.75) is 19.0 Å². The van der Waals surface area contributed by atoms with Crippen LogP contribution in [-0.4, -0.2) is 75.2 Å². The standard InChI is InChI=1S/C31H36ClN3O5/c1-38-27-13-10-24(20-28(27)39-2)21-29(36)35(22-23-8-11-26(32)12-9-23)30(25-6-4-3-5-7-25)31(37)33-14-15-34-16-18-40-19-17-34/h3-13,20,30H,14-19,21-22H2,1-2H3,(H,33,37). The van der Waals surface area contributed by atoms with Crippen LogP contribution in [0.5, 0.6) is 11.5 Å². The Morgan fingerprint density at radius 2 is 1.62 bits per heavy atom. The number of nitrogens with one attached hydrogen (secondary N) is 1. The molecular formula is C31H36ClN3O5. The molecule has 8 nitrogen and oxygen atoms in total. The van der Waals surface area contributed by atoms with Crippen LogP contribution in [-0.2, 0) is 27.3 Å². The molecule has 2 amide bonds. The molecule has 0 saturated carbocycles. The molecule has 1 N–H and O–H groups in total. The number of methoxy groups -OCH3 is 2. The van der Waals surface area contributed by atoms with Gasteiger partial charge in [0.25, 0.3) is 0 Å². The maximum absolute atomic E-state index is 14.0. The van der Waals surface area contributed by atoms with Crippen LogP contribution in [0.15, 0.2) is 72.8 Å². The number of hydrogen-bond donors (Lipinski definition) is 1. The monoisotopic (exact) mass is 565 g/mol. The van der Waals surface area contributed by atoms with Crippen LogP contribution >= 0.6 is 11.6 Å². The van der Waals surface area contributed by atoms with Crippen molar-refractivity contribution in [2.75, 3.05) is 53.6 Å². The van der Waals surface area contributed by atoms with E-state index in [2.05, 4.69) is 10.2 Å². The zero-order chi connectivity index (χ0) is 28.3. The Bertz CT molecular complexity index is 1250. The van der Waals surface area contributed by atoms with Crippen molar-refractivity contribution in [1.82, 2.24) is 15.1 Å². The Morgan fingerprint density at radius 1 is 0.950 bits per heavy atom.